The summed E-state index contributed by atoms with van der Waals surface area (Å²) in [6.45, 7) is 2.94. The Labute approximate surface area is 167 Å². The van der Waals surface area contributed by atoms with Crippen LogP contribution >= 0.6 is 23.1 Å². The van der Waals surface area contributed by atoms with Gasteiger partial charge < -0.3 is 9.88 Å². The van der Waals surface area contributed by atoms with Crippen LogP contribution < -0.4 is 5.32 Å². The van der Waals surface area contributed by atoms with Gasteiger partial charge in [0.1, 0.15) is 5.82 Å². The van der Waals surface area contributed by atoms with Gasteiger partial charge in [0.05, 0.1) is 11.8 Å². The van der Waals surface area contributed by atoms with Gasteiger partial charge in [-0.15, -0.1) is 21.5 Å². The van der Waals surface area contributed by atoms with E-state index in [-0.39, 0.29) is 11.9 Å². The van der Waals surface area contributed by atoms with E-state index in [1.54, 1.807) is 11.3 Å². The number of aromatic nitrogens is 3. The number of benzene rings is 1. The summed E-state index contributed by atoms with van der Waals surface area (Å²) in [4.78, 5) is 13.8. The lowest BCUT2D eigenvalue weighted by Crippen LogP contribution is -2.30. The minimum Gasteiger partial charge on any atom is -0.344 e. The molecule has 0 radical (unpaired) electrons. The molecule has 1 atom stereocenters. The van der Waals surface area contributed by atoms with E-state index in [2.05, 4.69) is 33.1 Å². The molecule has 0 spiro atoms. The molecule has 2 heterocycles. The number of carbonyl (C=O) groups is 1. The van der Waals surface area contributed by atoms with Crippen molar-refractivity contribution in [3.63, 3.8) is 0 Å². The molecule has 4 rings (SSSR count). The summed E-state index contributed by atoms with van der Waals surface area (Å²) in [5, 5.41) is 14.7. The molecule has 1 aromatic carbocycles. The molecule has 1 saturated carbocycles. The van der Waals surface area contributed by atoms with Crippen LogP contribution in [0.4, 0.5) is 0 Å². The first-order valence-electron chi connectivity index (χ1n) is 9.20. The van der Waals surface area contributed by atoms with E-state index >= 15 is 0 Å². The Morgan fingerprint density at radius 2 is 2.07 bits per heavy atom. The molecule has 0 aliphatic heterocycles. The minimum absolute atomic E-state index is 0.000813. The van der Waals surface area contributed by atoms with Crippen molar-refractivity contribution < 1.29 is 4.79 Å². The number of hydrogen-bond acceptors (Lipinski definition) is 5. The molecule has 5 nitrogen and oxygen atoms in total. The summed E-state index contributed by atoms with van der Waals surface area (Å²) in [6.07, 6.45) is 2.39. The number of carbonyl (C=O) groups excluding carboxylic acids is 1. The Morgan fingerprint density at radius 3 is 2.74 bits per heavy atom. The number of amides is 1. The highest BCUT2D eigenvalue weighted by atomic mass is 32.2. The first-order valence-corrected chi connectivity index (χ1v) is 11.1. The maximum absolute atomic E-state index is 12.7. The normalized spacial score (nSPS) is 14.9. The van der Waals surface area contributed by atoms with Crippen molar-refractivity contribution in [2.45, 2.75) is 43.4 Å². The van der Waals surface area contributed by atoms with E-state index < -0.39 is 0 Å². The van der Waals surface area contributed by atoms with E-state index in [1.807, 2.05) is 41.8 Å². The van der Waals surface area contributed by atoms with Crippen molar-refractivity contribution in [1.82, 2.24) is 20.1 Å². The van der Waals surface area contributed by atoms with E-state index in [1.165, 1.54) is 24.6 Å². The molecule has 1 fully saturated rings. The molecule has 140 valence electrons. The largest absolute Gasteiger partial charge is 0.344 e. The SMILES string of the molecule is CCn1c(SCC(=O)N[C@H](c2ccccc2)c2cccs2)nnc1C1CC1. The van der Waals surface area contributed by atoms with Gasteiger partial charge in [0, 0.05) is 17.3 Å². The van der Waals surface area contributed by atoms with Crippen molar-refractivity contribution >= 4 is 29.0 Å². The Bertz CT molecular complexity index is 888. The summed E-state index contributed by atoms with van der Waals surface area (Å²) in [5.74, 6) is 1.96. The molecule has 27 heavy (non-hydrogen) atoms. The first kappa shape index (κ1) is 18.3. The number of rotatable bonds is 8. The third kappa shape index (κ3) is 4.25. The van der Waals surface area contributed by atoms with Crippen molar-refractivity contribution in [1.29, 1.82) is 0 Å². The highest BCUT2D eigenvalue weighted by molar-refractivity contribution is 7.99. The summed E-state index contributed by atoms with van der Waals surface area (Å²) in [7, 11) is 0. The van der Waals surface area contributed by atoms with Gasteiger partial charge in [-0.05, 0) is 36.8 Å². The highest BCUT2D eigenvalue weighted by Gasteiger charge is 2.30. The summed E-state index contributed by atoms with van der Waals surface area (Å²) < 4.78 is 2.14. The smallest absolute Gasteiger partial charge is 0.231 e. The number of nitrogens with one attached hydrogen (secondary N) is 1. The molecule has 0 saturated heterocycles. The second-order valence-corrected chi connectivity index (χ2v) is 8.50. The van der Waals surface area contributed by atoms with Crippen LogP contribution in [0.25, 0.3) is 0 Å². The lowest BCUT2D eigenvalue weighted by atomic mass is 10.1. The Morgan fingerprint density at radius 1 is 1.26 bits per heavy atom. The zero-order valence-electron chi connectivity index (χ0n) is 15.2. The standard InChI is InChI=1S/C20H22N4OS2/c1-2-24-19(15-10-11-15)22-23-20(24)27-13-17(25)21-18(16-9-6-12-26-16)14-7-4-3-5-8-14/h3-9,12,15,18H,2,10-11,13H2,1H3,(H,21,25)/t18-/m1/s1. The topological polar surface area (TPSA) is 59.8 Å². The van der Waals surface area contributed by atoms with Gasteiger partial charge in [-0.3, -0.25) is 4.79 Å². The maximum atomic E-state index is 12.7. The van der Waals surface area contributed by atoms with Crippen molar-refractivity contribution in [2.75, 3.05) is 5.75 Å². The zero-order valence-corrected chi connectivity index (χ0v) is 16.8. The zero-order chi connectivity index (χ0) is 18.6. The lowest BCUT2D eigenvalue weighted by Gasteiger charge is -2.18. The Balaban J connectivity index is 1.43. The van der Waals surface area contributed by atoms with Crippen LogP contribution in [0, 0.1) is 0 Å². The molecule has 0 unspecified atom stereocenters. The molecule has 1 aliphatic rings. The summed E-state index contributed by atoms with van der Waals surface area (Å²) in [5.41, 5.74) is 1.09. The second kappa shape index (κ2) is 8.27. The average Bonchev–Trinajstić information content (AvgIpc) is 3.24. The van der Waals surface area contributed by atoms with Crippen LogP contribution in [0.5, 0.6) is 0 Å². The van der Waals surface area contributed by atoms with Gasteiger partial charge in [0.2, 0.25) is 5.91 Å². The predicted molar refractivity (Wildman–Crippen MR) is 109 cm³/mol. The average molecular weight is 399 g/mol. The van der Waals surface area contributed by atoms with Gasteiger partial charge in [-0.2, -0.15) is 0 Å². The highest BCUT2D eigenvalue weighted by Crippen LogP contribution is 2.40. The fourth-order valence-electron chi connectivity index (χ4n) is 3.10. The van der Waals surface area contributed by atoms with Gasteiger partial charge >= 0.3 is 0 Å². The quantitative estimate of drug-likeness (QED) is 0.577. The van der Waals surface area contributed by atoms with Crippen molar-refractivity contribution in [3.05, 3.63) is 64.1 Å². The number of thioether (sulfide) groups is 1. The predicted octanol–water partition coefficient (Wildman–Crippen LogP) is 4.23. The van der Waals surface area contributed by atoms with Crippen LogP contribution in [0.1, 0.15) is 48.0 Å². The van der Waals surface area contributed by atoms with Crippen molar-refractivity contribution in [2.24, 2.45) is 0 Å². The molecule has 0 bridgehead atoms. The minimum atomic E-state index is -0.120. The Hall–Kier alpha value is -2.12. The fourth-order valence-corrected chi connectivity index (χ4v) is 4.72. The fraction of sp³-hybridized carbons (Fsp3) is 0.350. The van der Waals surface area contributed by atoms with E-state index in [0.29, 0.717) is 11.7 Å². The monoisotopic (exact) mass is 398 g/mol. The second-order valence-electron chi connectivity index (χ2n) is 6.57. The molecule has 2 aromatic heterocycles. The molecule has 1 N–H and O–H groups in total. The van der Waals surface area contributed by atoms with Crippen LogP contribution in [0.2, 0.25) is 0 Å². The molecular formula is C20H22N4OS2. The number of nitrogens with zero attached hydrogens (tertiary/aromatic N) is 3. The third-order valence-electron chi connectivity index (χ3n) is 4.60. The Kier molecular flexibility index (Phi) is 5.59. The number of thiophene rings is 1. The summed E-state index contributed by atoms with van der Waals surface area (Å²) >= 11 is 3.11. The van der Waals surface area contributed by atoms with E-state index in [0.717, 1.165) is 28.0 Å². The van der Waals surface area contributed by atoms with Gasteiger partial charge in [-0.25, -0.2) is 0 Å². The van der Waals surface area contributed by atoms with Gasteiger partial charge in [-0.1, -0.05) is 48.2 Å². The van der Waals surface area contributed by atoms with Crippen molar-refractivity contribution in [3.8, 4) is 0 Å². The molecule has 1 amide bonds. The molecular weight excluding hydrogens is 376 g/mol. The number of hydrogen-bond donors (Lipinski definition) is 1. The lowest BCUT2D eigenvalue weighted by molar-refractivity contribution is -0.119. The summed E-state index contributed by atoms with van der Waals surface area (Å²) in [6, 6.07) is 14.0. The maximum Gasteiger partial charge on any atom is 0.231 e. The van der Waals surface area contributed by atoms with E-state index in [9.17, 15) is 4.79 Å². The van der Waals surface area contributed by atoms with Gasteiger partial charge in [0.15, 0.2) is 5.16 Å². The molecule has 1 aliphatic carbocycles. The van der Waals surface area contributed by atoms with E-state index in [4.69, 9.17) is 0 Å². The first-order chi connectivity index (χ1) is 13.3. The van der Waals surface area contributed by atoms with Gasteiger partial charge in [0.25, 0.3) is 0 Å². The molecule has 3 aromatic rings. The van der Waals surface area contributed by atoms with Crippen LogP contribution in [0.3, 0.4) is 0 Å². The van der Waals surface area contributed by atoms with Crippen LogP contribution in [-0.4, -0.2) is 26.4 Å². The molecule has 7 heteroatoms. The van der Waals surface area contributed by atoms with Crippen LogP contribution in [-0.2, 0) is 11.3 Å². The van der Waals surface area contributed by atoms with Crippen LogP contribution in [0.15, 0.2) is 53.0 Å². The third-order valence-corrected chi connectivity index (χ3v) is 6.51.